The number of ether oxygens (including phenoxy) is 1. The van der Waals surface area contributed by atoms with Gasteiger partial charge in [-0.3, -0.25) is 9.13 Å². The lowest BCUT2D eigenvalue weighted by Crippen LogP contribution is -2.36. The largest absolute Gasteiger partial charge is 0.378 e. The molecule has 9 nitrogen and oxygen atoms in total. The molecule has 0 amide bonds. The van der Waals surface area contributed by atoms with Crippen molar-refractivity contribution in [3.63, 3.8) is 0 Å². The van der Waals surface area contributed by atoms with Crippen molar-refractivity contribution < 1.29 is 18.1 Å². The summed E-state index contributed by atoms with van der Waals surface area (Å²) in [6, 6.07) is 7.40. The summed E-state index contributed by atoms with van der Waals surface area (Å²) in [5.74, 6) is 0. The van der Waals surface area contributed by atoms with Gasteiger partial charge < -0.3 is 20.3 Å². The van der Waals surface area contributed by atoms with Crippen molar-refractivity contribution in [2.75, 3.05) is 49.7 Å². The summed E-state index contributed by atoms with van der Waals surface area (Å²) < 4.78 is 38.8. The Balaban J connectivity index is 1.70. The number of anilines is 3. The first-order valence-corrected chi connectivity index (χ1v) is 12.4. The van der Waals surface area contributed by atoms with Crippen molar-refractivity contribution in [1.29, 1.82) is 0 Å². The fourth-order valence-electron chi connectivity index (χ4n) is 5.42. The highest BCUT2D eigenvalue weighted by Gasteiger charge is 2.28. The number of rotatable bonds is 5. The number of nitrogens with zero attached hydrogens (tertiary/aromatic N) is 6. The van der Waals surface area contributed by atoms with Crippen LogP contribution in [0.2, 0.25) is 0 Å². The molecule has 1 saturated heterocycles. The third-order valence-corrected chi connectivity index (χ3v) is 7.25. The zero-order valence-corrected chi connectivity index (χ0v) is 21.3. The third kappa shape index (κ3) is 4.26. The molecule has 196 valence electrons. The predicted molar refractivity (Wildman–Crippen MR) is 143 cm³/mol. The average Bonchev–Trinajstić information content (AvgIpc) is 3.14. The number of aromatic nitrogens is 2. The summed E-state index contributed by atoms with van der Waals surface area (Å²) >= 11 is 0. The van der Waals surface area contributed by atoms with E-state index in [9.17, 15) is 13.6 Å². The lowest BCUT2D eigenvalue weighted by atomic mass is 9.97. The molecule has 0 atom stereocenters. The van der Waals surface area contributed by atoms with Crippen LogP contribution in [-0.2, 0) is 25.3 Å². The molecule has 0 radical (unpaired) electrons. The van der Waals surface area contributed by atoms with Gasteiger partial charge in [0.25, 0.3) is 6.43 Å². The molecule has 3 aromatic rings. The predicted octanol–water partition coefficient (Wildman–Crippen LogP) is 3.02. The Labute approximate surface area is 213 Å². The number of hydrogen-bond donors (Lipinski definition) is 1. The molecule has 0 spiro atoms. The SMILES string of the molecule is CN=C[N+](=CN)c1cc2c(cc1C(F)F)N(c1cc(N3CCOCC3)c3c(c1)n(C)c(=O)n3C)CCC2. The molecule has 3 heterocycles. The number of halogens is 2. The smallest absolute Gasteiger partial charge is 0.328 e. The highest BCUT2D eigenvalue weighted by Crippen LogP contribution is 2.42. The van der Waals surface area contributed by atoms with Crippen LogP contribution in [-0.4, -0.2) is 66.3 Å². The number of hydrogen-bond acceptors (Lipinski definition) is 5. The second-order valence-corrected chi connectivity index (χ2v) is 9.36. The fourth-order valence-corrected chi connectivity index (χ4v) is 5.42. The molecule has 1 aromatic heterocycles. The summed E-state index contributed by atoms with van der Waals surface area (Å²) in [6.07, 6.45) is 1.57. The van der Waals surface area contributed by atoms with Crippen LogP contribution in [0.3, 0.4) is 0 Å². The monoisotopic (exact) mass is 512 g/mol. The molecule has 5 rings (SSSR count). The standard InChI is InChI=1S/C26H31F2N7O2/c1-30-16-34(15-29)21-11-17-5-4-6-35(20(17)14-19(21)25(27)28)18-12-22-24(32(3)26(36)31(22)2)23(13-18)33-7-9-37-10-8-33/h11-16,25,29H,4-10H2,1-3H3/p+1. The molecule has 2 aliphatic heterocycles. The van der Waals surface area contributed by atoms with Crippen LogP contribution in [0.5, 0.6) is 0 Å². The van der Waals surface area contributed by atoms with Gasteiger partial charge in [0.15, 0.2) is 6.34 Å². The molecule has 2 aliphatic rings. The number of alkyl halides is 2. The summed E-state index contributed by atoms with van der Waals surface area (Å²) in [4.78, 5) is 21.1. The van der Waals surface area contributed by atoms with Crippen LogP contribution in [0.25, 0.3) is 11.0 Å². The molecule has 2 N–H and O–H groups in total. The van der Waals surface area contributed by atoms with Crippen molar-refractivity contribution in [2.45, 2.75) is 19.3 Å². The van der Waals surface area contributed by atoms with Crippen molar-refractivity contribution in [2.24, 2.45) is 24.8 Å². The molecular formula is C26H32F2N7O2+. The topological polar surface area (TPSA) is 84.0 Å². The van der Waals surface area contributed by atoms with E-state index in [1.54, 1.807) is 42.4 Å². The summed E-state index contributed by atoms with van der Waals surface area (Å²) in [5, 5.41) is 0. The van der Waals surface area contributed by atoms with Gasteiger partial charge in [-0.25, -0.2) is 18.2 Å². The van der Waals surface area contributed by atoms with E-state index in [0.717, 1.165) is 46.5 Å². The van der Waals surface area contributed by atoms with Gasteiger partial charge in [-0.1, -0.05) is 0 Å². The number of benzene rings is 2. The first kappa shape index (κ1) is 24.9. The van der Waals surface area contributed by atoms with E-state index >= 15 is 0 Å². The normalized spacial score (nSPS) is 16.9. The van der Waals surface area contributed by atoms with Gasteiger partial charge in [-0.05, 0) is 42.7 Å². The van der Waals surface area contributed by atoms with Crippen LogP contribution < -0.4 is 21.2 Å². The van der Waals surface area contributed by atoms with Crippen LogP contribution in [0.1, 0.15) is 24.0 Å². The van der Waals surface area contributed by atoms with E-state index in [1.165, 1.54) is 17.3 Å². The molecule has 2 aromatic carbocycles. The third-order valence-electron chi connectivity index (χ3n) is 7.25. The second-order valence-electron chi connectivity index (χ2n) is 9.36. The fraction of sp³-hybridized carbons (Fsp3) is 0.423. The molecule has 37 heavy (non-hydrogen) atoms. The Morgan fingerprint density at radius 2 is 1.84 bits per heavy atom. The molecule has 0 unspecified atom stereocenters. The number of fused-ring (bicyclic) bond motifs is 2. The number of aliphatic imine (C=N–C) groups is 1. The molecule has 0 saturated carbocycles. The van der Waals surface area contributed by atoms with Gasteiger partial charge in [0.05, 0.1) is 42.5 Å². The van der Waals surface area contributed by atoms with Gasteiger partial charge in [0.2, 0.25) is 6.34 Å². The lowest BCUT2D eigenvalue weighted by Gasteiger charge is -2.34. The van der Waals surface area contributed by atoms with Crippen molar-refractivity contribution in [3.05, 3.63) is 45.9 Å². The minimum Gasteiger partial charge on any atom is -0.378 e. The molecule has 0 bridgehead atoms. The number of nitrogens with two attached hydrogens (primary N) is 1. The first-order chi connectivity index (χ1) is 17.8. The highest BCUT2D eigenvalue weighted by atomic mass is 19.3. The Kier molecular flexibility index (Phi) is 6.72. The molecule has 0 aliphatic carbocycles. The Morgan fingerprint density at radius 3 is 2.51 bits per heavy atom. The van der Waals surface area contributed by atoms with Gasteiger partial charge in [0.1, 0.15) is 5.69 Å². The molecular weight excluding hydrogens is 480 g/mol. The van der Waals surface area contributed by atoms with Crippen molar-refractivity contribution in [3.8, 4) is 0 Å². The maximum absolute atomic E-state index is 14.3. The van der Waals surface area contributed by atoms with Crippen LogP contribution in [0.4, 0.5) is 31.5 Å². The Bertz CT molecular complexity index is 1450. The highest BCUT2D eigenvalue weighted by molar-refractivity contribution is 5.94. The summed E-state index contributed by atoms with van der Waals surface area (Å²) in [7, 11) is 5.11. The maximum atomic E-state index is 14.3. The summed E-state index contributed by atoms with van der Waals surface area (Å²) in [5.41, 5.74) is 11.0. The van der Waals surface area contributed by atoms with Gasteiger partial charge in [-0.15, -0.1) is 0 Å². The Morgan fingerprint density at radius 1 is 1.08 bits per heavy atom. The van der Waals surface area contributed by atoms with Crippen molar-refractivity contribution >= 4 is 46.5 Å². The first-order valence-electron chi connectivity index (χ1n) is 12.4. The van der Waals surface area contributed by atoms with Gasteiger partial charge in [0, 0.05) is 45.1 Å². The zero-order valence-electron chi connectivity index (χ0n) is 21.3. The van der Waals surface area contributed by atoms with Gasteiger partial charge in [-0.2, -0.15) is 4.99 Å². The van der Waals surface area contributed by atoms with E-state index in [0.29, 0.717) is 38.5 Å². The van der Waals surface area contributed by atoms with Gasteiger partial charge >= 0.3 is 5.69 Å². The lowest BCUT2D eigenvalue weighted by molar-refractivity contribution is -0.292. The minimum atomic E-state index is -2.70. The number of imidazole rings is 1. The van der Waals surface area contributed by atoms with Crippen molar-refractivity contribution in [1.82, 2.24) is 9.13 Å². The van der Waals surface area contributed by atoms with Crippen LogP contribution >= 0.6 is 0 Å². The average molecular weight is 513 g/mol. The minimum absolute atomic E-state index is 0.110. The molecule has 1 fully saturated rings. The maximum Gasteiger partial charge on any atom is 0.328 e. The Hall–Kier alpha value is -3.73. The van der Waals surface area contributed by atoms with E-state index in [4.69, 9.17) is 10.5 Å². The molecule has 11 heteroatoms. The van der Waals surface area contributed by atoms with E-state index < -0.39 is 6.43 Å². The van der Waals surface area contributed by atoms with E-state index in [2.05, 4.69) is 20.9 Å². The second kappa shape index (κ2) is 9.97. The van der Waals surface area contributed by atoms with E-state index in [-0.39, 0.29) is 11.3 Å². The van der Waals surface area contributed by atoms with Crippen LogP contribution in [0, 0.1) is 0 Å². The van der Waals surface area contributed by atoms with Crippen LogP contribution in [0.15, 0.2) is 34.1 Å². The zero-order chi connectivity index (χ0) is 26.3. The quantitative estimate of drug-likeness (QED) is 0.323. The summed E-state index contributed by atoms with van der Waals surface area (Å²) in [6.45, 7) is 3.31. The number of morpholine rings is 1. The number of aryl methyl sites for hydroxylation is 3. The van der Waals surface area contributed by atoms with E-state index in [1.807, 2.05) is 6.07 Å².